The molecule has 2 rings (SSSR count). The molecule has 1 aliphatic carbocycles. The summed E-state index contributed by atoms with van der Waals surface area (Å²) in [7, 11) is 1.42. The molecule has 1 fully saturated rings. The maximum atomic E-state index is 11.7. The number of rotatable bonds is 7. The Bertz CT molecular complexity index is 529. The number of esters is 1. The highest BCUT2D eigenvalue weighted by Crippen LogP contribution is 2.51. The molecule has 0 radical (unpaired) electrons. The summed E-state index contributed by atoms with van der Waals surface area (Å²) in [4.78, 5) is 23.1. The lowest BCUT2D eigenvalue weighted by Gasteiger charge is -2.14. The SMILES string of the molecule is COC(=O)CC1(CSCc2ccccc2C(=O)NN)CC1. The quantitative estimate of drug-likeness (QED) is 0.348. The zero-order chi connectivity index (χ0) is 15.3. The molecule has 1 aromatic carbocycles. The van der Waals surface area contributed by atoms with E-state index in [2.05, 4.69) is 5.43 Å². The van der Waals surface area contributed by atoms with Gasteiger partial charge in [0.05, 0.1) is 13.5 Å². The van der Waals surface area contributed by atoms with Gasteiger partial charge in [0, 0.05) is 11.3 Å². The summed E-state index contributed by atoms with van der Waals surface area (Å²) in [5.74, 6) is 6.41. The number of nitrogens with one attached hydrogen (secondary N) is 1. The lowest BCUT2D eigenvalue weighted by atomic mass is 10.1. The average molecular weight is 308 g/mol. The van der Waals surface area contributed by atoms with E-state index in [0.717, 1.165) is 29.9 Å². The predicted molar refractivity (Wildman–Crippen MR) is 82.6 cm³/mol. The number of hydrazine groups is 1. The molecular weight excluding hydrogens is 288 g/mol. The Kier molecular flexibility index (Phi) is 5.25. The fourth-order valence-electron chi connectivity index (χ4n) is 2.25. The van der Waals surface area contributed by atoms with Crippen LogP contribution in [0.15, 0.2) is 24.3 Å². The van der Waals surface area contributed by atoms with Crippen LogP contribution in [0.5, 0.6) is 0 Å². The van der Waals surface area contributed by atoms with Crippen LogP contribution >= 0.6 is 11.8 Å². The Hall–Kier alpha value is -1.53. The number of ether oxygens (including phenoxy) is 1. The first-order valence-electron chi connectivity index (χ1n) is 6.84. The molecule has 1 saturated carbocycles. The minimum atomic E-state index is -0.276. The number of hydrogen-bond acceptors (Lipinski definition) is 5. The van der Waals surface area contributed by atoms with Gasteiger partial charge in [0.25, 0.3) is 5.91 Å². The van der Waals surface area contributed by atoms with Crippen LogP contribution in [0.3, 0.4) is 0 Å². The molecule has 21 heavy (non-hydrogen) atoms. The minimum Gasteiger partial charge on any atom is -0.469 e. The summed E-state index contributed by atoms with van der Waals surface area (Å²) in [6.07, 6.45) is 2.63. The highest BCUT2D eigenvalue weighted by atomic mass is 32.2. The molecule has 114 valence electrons. The molecule has 5 nitrogen and oxygen atoms in total. The van der Waals surface area contributed by atoms with Gasteiger partial charge >= 0.3 is 5.97 Å². The zero-order valence-corrected chi connectivity index (χ0v) is 12.9. The van der Waals surface area contributed by atoms with E-state index >= 15 is 0 Å². The van der Waals surface area contributed by atoms with E-state index in [9.17, 15) is 9.59 Å². The van der Waals surface area contributed by atoms with Gasteiger partial charge in [-0.2, -0.15) is 11.8 Å². The predicted octanol–water partition coefficient (Wildman–Crippen LogP) is 1.87. The first kappa shape index (κ1) is 15.9. The van der Waals surface area contributed by atoms with Crippen LogP contribution in [0.1, 0.15) is 35.2 Å². The normalized spacial score (nSPS) is 15.3. The van der Waals surface area contributed by atoms with Gasteiger partial charge < -0.3 is 4.74 Å². The van der Waals surface area contributed by atoms with Crippen molar-refractivity contribution in [3.63, 3.8) is 0 Å². The Morgan fingerprint density at radius 3 is 2.71 bits per heavy atom. The monoisotopic (exact) mass is 308 g/mol. The Labute approximate surface area is 128 Å². The first-order valence-corrected chi connectivity index (χ1v) is 7.99. The van der Waals surface area contributed by atoms with E-state index in [-0.39, 0.29) is 17.3 Å². The van der Waals surface area contributed by atoms with Gasteiger partial charge in [-0.25, -0.2) is 5.84 Å². The topological polar surface area (TPSA) is 81.4 Å². The standard InChI is InChI=1S/C15H20N2O3S/c1-20-13(18)8-15(6-7-15)10-21-9-11-4-2-3-5-12(11)14(19)17-16/h2-5H,6-10,16H2,1H3,(H,17,19). The molecule has 0 atom stereocenters. The van der Waals surface area contributed by atoms with E-state index in [0.29, 0.717) is 12.0 Å². The Morgan fingerprint density at radius 2 is 2.10 bits per heavy atom. The maximum absolute atomic E-state index is 11.7. The summed E-state index contributed by atoms with van der Waals surface area (Å²) in [5, 5.41) is 0. The van der Waals surface area contributed by atoms with Gasteiger partial charge in [0.1, 0.15) is 0 Å². The third-order valence-electron chi connectivity index (χ3n) is 3.76. The van der Waals surface area contributed by atoms with Gasteiger partial charge in [0.2, 0.25) is 0 Å². The number of carbonyl (C=O) groups excluding carboxylic acids is 2. The van der Waals surface area contributed by atoms with E-state index in [1.165, 1.54) is 7.11 Å². The molecular formula is C15H20N2O3S. The number of carbonyl (C=O) groups is 2. The van der Waals surface area contributed by atoms with Gasteiger partial charge in [-0.15, -0.1) is 0 Å². The second kappa shape index (κ2) is 6.95. The number of nitrogen functional groups attached to an aromatic ring is 1. The van der Waals surface area contributed by atoms with E-state index in [1.54, 1.807) is 17.8 Å². The van der Waals surface area contributed by atoms with E-state index in [1.807, 2.05) is 18.2 Å². The molecule has 0 aromatic heterocycles. The van der Waals surface area contributed by atoms with Crippen LogP contribution in [0.25, 0.3) is 0 Å². The van der Waals surface area contributed by atoms with Crippen molar-refractivity contribution >= 4 is 23.6 Å². The Balaban J connectivity index is 1.89. The van der Waals surface area contributed by atoms with Crippen LogP contribution in [-0.2, 0) is 15.3 Å². The third-order valence-corrected chi connectivity index (χ3v) is 5.09. The second-order valence-corrected chi connectivity index (χ2v) is 6.36. The molecule has 0 spiro atoms. The van der Waals surface area contributed by atoms with Crippen LogP contribution in [0.4, 0.5) is 0 Å². The van der Waals surface area contributed by atoms with Gasteiger partial charge in [-0.3, -0.25) is 15.0 Å². The number of benzene rings is 1. The van der Waals surface area contributed by atoms with Gasteiger partial charge in [0.15, 0.2) is 0 Å². The first-order chi connectivity index (χ1) is 10.1. The molecule has 0 aliphatic heterocycles. The number of nitrogens with two attached hydrogens (primary N) is 1. The summed E-state index contributed by atoms with van der Waals surface area (Å²) < 4.78 is 4.74. The van der Waals surface area contributed by atoms with Crippen molar-refractivity contribution in [2.45, 2.75) is 25.0 Å². The fraction of sp³-hybridized carbons (Fsp3) is 0.467. The molecule has 0 saturated heterocycles. The highest BCUT2D eigenvalue weighted by Gasteiger charge is 2.44. The molecule has 0 bridgehead atoms. The van der Waals surface area contributed by atoms with Crippen molar-refractivity contribution in [2.75, 3.05) is 12.9 Å². The summed E-state index contributed by atoms with van der Waals surface area (Å²) in [5.41, 5.74) is 3.82. The molecule has 0 unspecified atom stereocenters. The van der Waals surface area contributed by atoms with Crippen LogP contribution in [0, 0.1) is 5.41 Å². The van der Waals surface area contributed by atoms with Crippen molar-refractivity contribution in [3.8, 4) is 0 Å². The van der Waals surface area contributed by atoms with Crippen molar-refractivity contribution in [1.82, 2.24) is 5.43 Å². The average Bonchev–Trinajstić information content (AvgIpc) is 3.26. The number of hydrogen-bond donors (Lipinski definition) is 2. The van der Waals surface area contributed by atoms with Gasteiger partial charge in [-0.05, 0) is 35.6 Å². The summed E-state index contributed by atoms with van der Waals surface area (Å²) in [6, 6.07) is 7.42. The van der Waals surface area contributed by atoms with Crippen molar-refractivity contribution < 1.29 is 14.3 Å². The second-order valence-electron chi connectivity index (χ2n) is 5.38. The van der Waals surface area contributed by atoms with Crippen LogP contribution in [0.2, 0.25) is 0 Å². The minimum absolute atomic E-state index is 0.100. The van der Waals surface area contributed by atoms with Crippen molar-refractivity contribution in [1.29, 1.82) is 0 Å². The largest absolute Gasteiger partial charge is 0.469 e. The summed E-state index contributed by atoms with van der Waals surface area (Å²) in [6.45, 7) is 0. The van der Waals surface area contributed by atoms with Crippen LogP contribution in [-0.4, -0.2) is 24.7 Å². The smallest absolute Gasteiger partial charge is 0.306 e. The molecule has 3 N–H and O–H groups in total. The van der Waals surface area contributed by atoms with Gasteiger partial charge in [-0.1, -0.05) is 18.2 Å². The highest BCUT2D eigenvalue weighted by molar-refractivity contribution is 7.98. The lowest BCUT2D eigenvalue weighted by Crippen LogP contribution is -2.30. The van der Waals surface area contributed by atoms with E-state index < -0.39 is 0 Å². The molecule has 1 aliphatic rings. The van der Waals surface area contributed by atoms with E-state index in [4.69, 9.17) is 10.6 Å². The third kappa shape index (κ3) is 4.22. The fourth-order valence-corrected chi connectivity index (χ4v) is 3.65. The molecule has 6 heteroatoms. The summed E-state index contributed by atoms with van der Waals surface area (Å²) >= 11 is 1.74. The molecule has 0 heterocycles. The lowest BCUT2D eigenvalue weighted by molar-refractivity contribution is -0.141. The number of thioether (sulfide) groups is 1. The zero-order valence-electron chi connectivity index (χ0n) is 12.1. The van der Waals surface area contributed by atoms with Crippen LogP contribution < -0.4 is 11.3 Å². The number of amides is 1. The Morgan fingerprint density at radius 1 is 1.38 bits per heavy atom. The molecule has 1 aromatic rings. The van der Waals surface area contributed by atoms with Crippen molar-refractivity contribution in [3.05, 3.63) is 35.4 Å². The molecule has 1 amide bonds. The maximum Gasteiger partial charge on any atom is 0.306 e. The van der Waals surface area contributed by atoms with Crippen molar-refractivity contribution in [2.24, 2.45) is 11.3 Å². The number of methoxy groups -OCH3 is 1.